The Balaban J connectivity index is 1.47. The normalized spacial score (nSPS) is 22.3. The van der Waals surface area contributed by atoms with Gasteiger partial charge in [-0.15, -0.1) is 11.8 Å². The molecule has 0 N–H and O–H groups in total. The van der Waals surface area contributed by atoms with Crippen molar-refractivity contribution in [3.63, 3.8) is 0 Å². The molecule has 3 atom stereocenters. The van der Waals surface area contributed by atoms with Crippen molar-refractivity contribution < 1.29 is 0 Å². The van der Waals surface area contributed by atoms with Gasteiger partial charge in [-0.1, -0.05) is 78.9 Å². The van der Waals surface area contributed by atoms with E-state index in [-0.39, 0.29) is 0 Å². The molecule has 0 aromatic heterocycles. The van der Waals surface area contributed by atoms with Crippen LogP contribution in [0.1, 0.15) is 29.9 Å². The third-order valence-corrected chi connectivity index (χ3v) is 6.84. The Hall–Kier alpha value is -1.99. The molecule has 0 bridgehead atoms. The average Bonchev–Trinajstić information content (AvgIpc) is 2.68. The molecule has 1 fully saturated rings. The monoisotopic (exact) mass is 344 g/mol. The molecule has 4 rings (SSSR count). The van der Waals surface area contributed by atoms with E-state index in [1.54, 1.807) is 0 Å². The molecule has 1 aliphatic carbocycles. The van der Waals surface area contributed by atoms with E-state index in [0.29, 0.717) is 11.2 Å². The zero-order valence-corrected chi connectivity index (χ0v) is 15.2. The summed E-state index contributed by atoms with van der Waals surface area (Å²) in [5.74, 6) is 1.49. The highest BCUT2D eigenvalue weighted by atomic mass is 32.2. The zero-order chi connectivity index (χ0) is 16.9. The standard InChI is InChI=1S/C24H24S/c1-4-10-19(11-5-1)16-17-21-18-23(20-12-6-2-7-13-20)24(21)25-22-14-8-3-9-15-22/h1-15,21,23-24H,16-18H2/t21-,23-,24+/m0/s1. The fraction of sp³-hybridized carbons (Fsp3) is 0.250. The van der Waals surface area contributed by atoms with Gasteiger partial charge in [0.15, 0.2) is 0 Å². The van der Waals surface area contributed by atoms with Crippen molar-refractivity contribution in [1.29, 1.82) is 0 Å². The van der Waals surface area contributed by atoms with Crippen LogP contribution >= 0.6 is 11.8 Å². The van der Waals surface area contributed by atoms with Gasteiger partial charge in [-0.2, -0.15) is 0 Å². The molecule has 0 aliphatic heterocycles. The summed E-state index contributed by atoms with van der Waals surface area (Å²) in [6.45, 7) is 0. The van der Waals surface area contributed by atoms with Crippen molar-refractivity contribution in [2.24, 2.45) is 5.92 Å². The molecule has 25 heavy (non-hydrogen) atoms. The van der Waals surface area contributed by atoms with Crippen LogP contribution in [0.3, 0.4) is 0 Å². The predicted molar refractivity (Wildman–Crippen MR) is 108 cm³/mol. The third kappa shape index (κ3) is 3.99. The molecule has 1 heteroatoms. The third-order valence-electron chi connectivity index (χ3n) is 5.31. The molecule has 0 saturated heterocycles. The summed E-state index contributed by atoms with van der Waals surface area (Å²) in [7, 11) is 0. The van der Waals surface area contributed by atoms with Crippen LogP contribution in [0, 0.1) is 5.92 Å². The summed E-state index contributed by atoms with van der Waals surface area (Å²) in [5.41, 5.74) is 2.97. The number of benzene rings is 3. The quantitative estimate of drug-likeness (QED) is 0.486. The highest BCUT2D eigenvalue weighted by Crippen LogP contribution is 2.52. The maximum absolute atomic E-state index is 2.30. The Morgan fingerprint density at radius 3 is 2.00 bits per heavy atom. The van der Waals surface area contributed by atoms with Gasteiger partial charge in [-0.05, 0) is 54.4 Å². The van der Waals surface area contributed by atoms with E-state index in [4.69, 9.17) is 0 Å². The molecule has 3 aromatic rings. The van der Waals surface area contributed by atoms with Gasteiger partial charge in [0, 0.05) is 10.1 Å². The van der Waals surface area contributed by atoms with Crippen LogP contribution in [0.2, 0.25) is 0 Å². The maximum Gasteiger partial charge on any atom is 0.0192 e. The minimum Gasteiger partial charge on any atom is -0.122 e. The summed E-state index contributed by atoms with van der Waals surface area (Å²) >= 11 is 2.08. The summed E-state index contributed by atoms with van der Waals surface area (Å²) in [4.78, 5) is 1.40. The molecule has 126 valence electrons. The van der Waals surface area contributed by atoms with Crippen LogP contribution in [0.25, 0.3) is 0 Å². The van der Waals surface area contributed by atoms with Gasteiger partial charge in [0.1, 0.15) is 0 Å². The fourth-order valence-electron chi connectivity index (χ4n) is 3.87. The fourth-order valence-corrected chi connectivity index (χ4v) is 5.37. The van der Waals surface area contributed by atoms with Gasteiger partial charge in [0.2, 0.25) is 0 Å². The first-order valence-electron chi connectivity index (χ1n) is 9.21. The van der Waals surface area contributed by atoms with Crippen molar-refractivity contribution in [3.05, 3.63) is 102 Å². The minimum atomic E-state index is 0.687. The second-order valence-electron chi connectivity index (χ2n) is 6.93. The molecule has 0 unspecified atom stereocenters. The van der Waals surface area contributed by atoms with Gasteiger partial charge in [-0.3, -0.25) is 0 Å². The summed E-state index contributed by atoms with van der Waals surface area (Å²) in [6, 6.07) is 32.9. The average molecular weight is 345 g/mol. The Morgan fingerprint density at radius 2 is 1.32 bits per heavy atom. The Morgan fingerprint density at radius 1 is 0.720 bits per heavy atom. The van der Waals surface area contributed by atoms with E-state index in [1.165, 1.54) is 35.3 Å². The molecule has 0 spiro atoms. The Bertz CT molecular complexity index is 765. The summed E-state index contributed by atoms with van der Waals surface area (Å²) in [5, 5.41) is 0.688. The van der Waals surface area contributed by atoms with Crippen molar-refractivity contribution in [3.8, 4) is 0 Å². The van der Waals surface area contributed by atoms with Gasteiger partial charge in [-0.25, -0.2) is 0 Å². The lowest BCUT2D eigenvalue weighted by Crippen LogP contribution is -2.38. The van der Waals surface area contributed by atoms with Crippen LogP contribution < -0.4 is 0 Å². The lowest BCUT2D eigenvalue weighted by atomic mass is 9.69. The van der Waals surface area contributed by atoms with Crippen LogP contribution in [-0.4, -0.2) is 5.25 Å². The van der Waals surface area contributed by atoms with E-state index < -0.39 is 0 Å². The number of aryl methyl sites for hydroxylation is 1. The number of rotatable bonds is 6. The van der Waals surface area contributed by atoms with Crippen molar-refractivity contribution in [2.45, 2.75) is 35.3 Å². The first kappa shape index (κ1) is 16.5. The van der Waals surface area contributed by atoms with Crippen LogP contribution in [0.5, 0.6) is 0 Å². The molecule has 0 radical (unpaired) electrons. The van der Waals surface area contributed by atoms with E-state index in [2.05, 4.69) is 103 Å². The number of thioether (sulfide) groups is 1. The molecule has 3 aromatic carbocycles. The van der Waals surface area contributed by atoms with Gasteiger partial charge in [0.25, 0.3) is 0 Å². The molecular formula is C24H24S. The topological polar surface area (TPSA) is 0 Å². The van der Waals surface area contributed by atoms with Crippen LogP contribution in [-0.2, 0) is 6.42 Å². The number of hydrogen-bond donors (Lipinski definition) is 0. The lowest BCUT2D eigenvalue weighted by molar-refractivity contribution is 0.263. The summed E-state index contributed by atoms with van der Waals surface area (Å²) < 4.78 is 0. The predicted octanol–water partition coefficient (Wildman–Crippen LogP) is 6.58. The molecule has 0 heterocycles. The highest BCUT2D eigenvalue weighted by Gasteiger charge is 2.41. The number of hydrogen-bond acceptors (Lipinski definition) is 1. The first-order valence-corrected chi connectivity index (χ1v) is 10.1. The molecular weight excluding hydrogens is 320 g/mol. The lowest BCUT2D eigenvalue weighted by Gasteiger charge is -2.45. The minimum absolute atomic E-state index is 0.687. The molecule has 0 nitrogen and oxygen atoms in total. The molecule has 1 aliphatic rings. The van der Waals surface area contributed by atoms with Crippen molar-refractivity contribution >= 4 is 11.8 Å². The maximum atomic E-state index is 2.30. The second kappa shape index (κ2) is 7.93. The summed E-state index contributed by atoms with van der Waals surface area (Å²) in [6.07, 6.45) is 3.80. The van der Waals surface area contributed by atoms with Gasteiger partial charge < -0.3 is 0 Å². The Kier molecular flexibility index (Phi) is 5.22. The van der Waals surface area contributed by atoms with E-state index in [9.17, 15) is 0 Å². The Labute approximate surface area is 155 Å². The SMILES string of the molecule is c1ccc(CC[C@H]2C[C@@H](c3ccccc3)[C@@H]2Sc2ccccc2)cc1. The highest BCUT2D eigenvalue weighted by molar-refractivity contribution is 8.00. The smallest absolute Gasteiger partial charge is 0.0192 e. The van der Waals surface area contributed by atoms with Crippen molar-refractivity contribution in [1.82, 2.24) is 0 Å². The van der Waals surface area contributed by atoms with Crippen LogP contribution in [0.4, 0.5) is 0 Å². The van der Waals surface area contributed by atoms with Gasteiger partial charge in [0.05, 0.1) is 0 Å². The van der Waals surface area contributed by atoms with Gasteiger partial charge >= 0.3 is 0 Å². The first-order chi connectivity index (χ1) is 12.4. The zero-order valence-electron chi connectivity index (χ0n) is 14.4. The second-order valence-corrected chi connectivity index (χ2v) is 8.18. The van der Waals surface area contributed by atoms with E-state index in [1.807, 2.05) is 0 Å². The van der Waals surface area contributed by atoms with Crippen LogP contribution in [0.15, 0.2) is 95.9 Å². The van der Waals surface area contributed by atoms with Crippen molar-refractivity contribution in [2.75, 3.05) is 0 Å². The largest absolute Gasteiger partial charge is 0.122 e. The molecule has 1 saturated carbocycles. The van der Waals surface area contributed by atoms with E-state index in [0.717, 1.165) is 5.92 Å². The molecule has 0 amide bonds. The van der Waals surface area contributed by atoms with E-state index >= 15 is 0 Å².